The third-order valence-corrected chi connectivity index (χ3v) is 3.21. The summed E-state index contributed by atoms with van der Waals surface area (Å²) >= 11 is 0. The maximum atomic E-state index is 11.6. The number of rotatable bonds is 13. The van der Waals surface area contributed by atoms with Crippen molar-refractivity contribution in [3.05, 3.63) is 24.3 Å². The first-order valence-electron chi connectivity index (χ1n) is 8.21. The molecule has 0 aromatic heterocycles. The highest BCUT2D eigenvalue weighted by Crippen LogP contribution is 2.14. The normalized spacial score (nSPS) is 14.6. The van der Waals surface area contributed by atoms with Crippen molar-refractivity contribution in [2.75, 3.05) is 6.61 Å². The summed E-state index contributed by atoms with van der Waals surface area (Å²) in [6, 6.07) is 0. The van der Waals surface area contributed by atoms with E-state index >= 15 is 0 Å². The largest absolute Gasteiger partial charge is 0.478 e. The average Bonchev–Trinajstić information content (AvgIpc) is 2.60. The molecular formula is C17H24O10. The van der Waals surface area contributed by atoms with Gasteiger partial charge in [0.15, 0.2) is 0 Å². The third-order valence-electron chi connectivity index (χ3n) is 3.21. The molecule has 0 heterocycles. The monoisotopic (exact) mass is 388 g/mol. The summed E-state index contributed by atoms with van der Waals surface area (Å²) in [7, 11) is 0. The van der Waals surface area contributed by atoms with E-state index in [0.717, 1.165) is 6.42 Å². The van der Waals surface area contributed by atoms with Gasteiger partial charge in [-0.25, -0.2) is 19.2 Å². The molecule has 10 nitrogen and oxygen atoms in total. The summed E-state index contributed by atoms with van der Waals surface area (Å²) in [4.78, 5) is 43.7. The second kappa shape index (κ2) is 13.5. The Labute approximate surface area is 155 Å². The van der Waals surface area contributed by atoms with Gasteiger partial charge in [0, 0.05) is 30.7 Å². The van der Waals surface area contributed by atoms with E-state index in [1.165, 1.54) is 0 Å². The predicted octanol–water partition coefficient (Wildman–Crippen LogP) is 0.0251. The van der Waals surface area contributed by atoms with E-state index in [2.05, 4.69) is 4.74 Å². The van der Waals surface area contributed by atoms with Gasteiger partial charge >= 0.3 is 23.9 Å². The van der Waals surface area contributed by atoms with Crippen LogP contribution >= 0.6 is 0 Å². The lowest BCUT2D eigenvalue weighted by Crippen LogP contribution is -2.37. The minimum absolute atomic E-state index is 0.156. The molecular weight excluding hydrogens is 364 g/mol. The van der Waals surface area contributed by atoms with E-state index in [0.29, 0.717) is 37.1 Å². The number of ether oxygens (including phenoxy) is 2. The number of carbonyl (C=O) groups excluding carboxylic acids is 2. The number of carboxylic acids is 2. The molecule has 0 aliphatic rings. The second-order valence-corrected chi connectivity index (χ2v) is 5.55. The molecule has 10 heteroatoms. The second-order valence-electron chi connectivity index (χ2n) is 5.55. The Bertz CT molecular complexity index is 566. The minimum atomic E-state index is -1.51. The van der Waals surface area contributed by atoms with Crippen LogP contribution in [-0.2, 0) is 28.7 Å². The number of hydrogen-bond acceptors (Lipinski definition) is 8. The Hall–Kier alpha value is -2.72. The topological polar surface area (TPSA) is 168 Å². The van der Waals surface area contributed by atoms with Gasteiger partial charge in [-0.3, -0.25) is 0 Å². The lowest BCUT2D eigenvalue weighted by Gasteiger charge is -2.24. The van der Waals surface area contributed by atoms with Gasteiger partial charge in [0.25, 0.3) is 0 Å². The van der Waals surface area contributed by atoms with E-state index in [4.69, 9.17) is 14.9 Å². The summed E-state index contributed by atoms with van der Waals surface area (Å²) < 4.78 is 9.59. The van der Waals surface area contributed by atoms with E-state index in [1.807, 2.05) is 6.92 Å². The van der Waals surface area contributed by atoms with Crippen molar-refractivity contribution in [1.29, 1.82) is 0 Å². The van der Waals surface area contributed by atoms with Gasteiger partial charge in [0.1, 0.15) is 18.8 Å². The molecule has 0 rings (SSSR count). The number of unbranched alkanes of at least 4 members (excludes halogenated alkanes) is 1. The van der Waals surface area contributed by atoms with Crippen LogP contribution in [0.5, 0.6) is 0 Å². The lowest BCUT2D eigenvalue weighted by molar-refractivity contribution is -0.157. The summed E-state index contributed by atoms with van der Waals surface area (Å²) in [5.74, 6) is -4.81. The molecule has 0 saturated carbocycles. The van der Waals surface area contributed by atoms with Crippen molar-refractivity contribution < 1.29 is 49.1 Å². The van der Waals surface area contributed by atoms with Gasteiger partial charge in [-0.05, 0) is 6.42 Å². The van der Waals surface area contributed by atoms with Crippen molar-refractivity contribution in [3.63, 3.8) is 0 Å². The molecule has 4 N–H and O–H groups in total. The number of hydrogen-bond donors (Lipinski definition) is 4. The lowest BCUT2D eigenvalue weighted by atomic mass is 10.0. The molecule has 0 fully saturated rings. The van der Waals surface area contributed by atoms with E-state index < -0.39 is 48.8 Å². The summed E-state index contributed by atoms with van der Waals surface area (Å²) in [5.41, 5.74) is 0. The number of carbonyl (C=O) groups is 4. The molecule has 0 amide bonds. The molecule has 152 valence electrons. The van der Waals surface area contributed by atoms with Crippen LogP contribution in [0.25, 0.3) is 0 Å². The maximum Gasteiger partial charge on any atom is 0.331 e. The van der Waals surface area contributed by atoms with Gasteiger partial charge in [-0.15, -0.1) is 0 Å². The van der Waals surface area contributed by atoms with Crippen molar-refractivity contribution in [2.24, 2.45) is 0 Å². The third kappa shape index (κ3) is 13.2. The minimum Gasteiger partial charge on any atom is -0.478 e. The van der Waals surface area contributed by atoms with Crippen LogP contribution in [0.4, 0.5) is 0 Å². The number of carboxylic acid groups (broad SMARTS) is 2. The molecule has 27 heavy (non-hydrogen) atoms. The SMILES string of the molecule is CCCCC(O)CC(OC(=O)/C=C/C(=O)O)C(O)COC(=O)/C=C/C(=O)O. The Morgan fingerprint density at radius 1 is 0.926 bits per heavy atom. The molecule has 0 aliphatic carbocycles. The zero-order chi connectivity index (χ0) is 20.8. The zero-order valence-corrected chi connectivity index (χ0v) is 14.8. The maximum absolute atomic E-state index is 11.6. The van der Waals surface area contributed by atoms with Crippen molar-refractivity contribution in [3.8, 4) is 0 Å². The Morgan fingerprint density at radius 2 is 1.48 bits per heavy atom. The van der Waals surface area contributed by atoms with Gasteiger partial charge < -0.3 is 29.9 Å². The molecule has 3 unspecified atom stereocenters. The fraction of sp³-hybridized carbons (Fsp3) is 0.529. The van der Waals surface area contributed by atoms with Crippen LogP contribution in [0.15, 0.2) is 24.3 Å². The van der Waals surface area contributed by atoms with Crippen LogP contribution in [0.3, 0.4) is 0 Å². The Balaban J connectivity index is 4.87. The standard InChI is InChI=1S/C17H24O10/c1-2-3-4-11(18)9-13(27-17(25)8-6-15(22)23)12(19)10-26-16(24)7-5-14(20)21/h5-8,11-13,18-19H,2-4,9-10H2,1H3,(H,20,21)(H,22,23)/b7-5+,8-6+. The number of aliphatic hydroxyl groups excluding tert-OH is 2. The highest BCUT2D eigenvalue weighted by molar-refractivity contribution is 5.91. The van der Waals surface area contributed by atoms with Gasteiger partial charge in [-0.1, -0.05) is 19.8 Å². The number of aliphatic carboxylic acids is 2. The summed E-state index contributed by atoms with van der Waals surface area (Å²) in [5, 5.41) is 36.9. The van der Waals surface area contributed by atoms with Crippen LogP contribution < -0.4 is 0 Å². The quantitative estimate of drug-likeness (QED) is 0.249. The Kier molecular flexibility index (Phi) is 12.1. The highest BCUT2D eigenvalue weighted by atomic mass is 16.6. The molecule has 0 aliphatic heterocycles. The van der Waals surface area contributed by atoms with Gasteiger partial charge in [0.2, 0.25) is 0 Å². The van der Waals surface area contributed by atoms with Gasteiger partial charge in [-0.2, -0.15) is 0 Å². The highest BCUT2D eigenvalue weighted by Gasteiger charge is 2.27. The first-order chi connectivity index (χ1) is 12.6. The van der Waals surface area contributed by atoms with Gasteiger partial charge in [0.05, 0.1) is 6.10 Å². The molecule has 0 bridgehead atoms. The fourth-order valence-electron chi connectivity index (χ4n) is 1.90. The fourth-order valence-corrected chi connectivity index (χ4v) is 1.90. The molecule has 0 radical (unpaired) electrons. The molecule has 3 atom stereocenters. The Morgan fingerprint density at radius 3 is 2.00 bits per heavy atom. The van der Waals surface area contributed by atoms with Crippen LogP contribution in [0, 0.1) is 0 Å². The smallest absolute Gasteiger partial charge is 0.331 e. The van der Waals surface area contributed by atoms with E-state index in [-0.39, 0.29) is 6.42 Å². The molecule has 0 aromatic rings. The zero-order valence-electron chi connectivity index (χ0n) is 14.8. The van der Waals surface area contributed by atoms with Crippen molar-refractivity contribution >= 4 is 23.9 Å². The first-order valence-corrected chi connectivity index (χ1v) is 8.21. The first kappa shape index (κ1) is 24.3. The molecule has 0 spiro atoms. The van der Waals surface area contributed by atoms with Crippen molar-refractivity contribution in [2.45, 2.75) is 50.9 Å². The number of esters is 2. The van der Waals surface area contributed by atoms with Crippen LogP contribution in [0.2, 0.25) is 0 Å². The number of aliphatic hydroxyl groups is 2. The summed E-state index contributed by atoms with van der Waals surface area (Å²) in [6.45, 7) is 1.30. The molecule has 0 aromatic carbocycles. The van der Waals surface area contributed by atoms with Crippen LogP contribution in [0.1, 0.15) is 32.6 Å². The summed E-state index contributed by atoms with van der Waals surface area (Å²) in [6.07, 6.45) is 0.468. The van der Waals surface area contributed by atoms with Crippen LogP contribution in [-0.4, -0.2) is 69.2 Å². The van der Waals surface area contributed by atoms with E-state index in [1.54, 1.807) is 0 Å². The average molecular weight is 388 g/mol. The van der Waals surface area contributed by atoms with E-state index in [9.17, 15) is 29.4 Å². The predicted molar refractivity (Wildman–Crippen MR) is 90.5 cm³/mol. The van der Waals surface area contributed by atoms with Crippen molar-refractivity contribution in [1.82, 2.24) is 0 Å². The molecule has 0 saturated heterocycles.